The normalized spacial score (nSPS) is 10.9. The molecule has 0 saturated carbocycles. The Labute approximate surface area is 124 Å². The van der Waals surface area contributed by atoms with Gasteiger partial charge in [0.15, 0.2) is 5.75 Å². The fourth-order valence-electron chi connectivity index (χ4n) is 1.45. The number of sulfonamides is 1. The van der Waals surface area contributed by atoms with Crippen LogP contribution in [-0.4, -0.2) is 18.5 Å². The average molecular weight is 328 g/mol. The van der Waals surface area contributed by atoms with Crippen LogP contribution >= 0.6 is 11.6 Å². The maximum absolute atomic E-state index is 13.2. The number of anilines is 1. The van der Waals surface area contributed by atoms with Crippen LogP contribution in [-0.2, 0) is 10.0 Å². The lowest BCUT2D eigenvalue weighted by atomic mass is 10.3. The van der Waals surface area contributed by atoms with Gasteiger partial charge in [-0.1, -0.05) is 11.6 Å². The van der Waals surface area contributed by atoms with Gasteiger partial charge in [-0.25, -0.2) is 17.8 Å². The molecule has 0 radical (unpaired) electrons. The van der Waals surface area contributed by atoms with E-state index in [1.165, 1.54) is 6.07 Å². The zero-order chi connectivity index (χ0) is 15.6. The van der Waals surface area contributed by atoms with Crippen molar-refractivity contribution >= 4 is 27.3 Å². The average Bonchev–Trinajstić information content (AvgIpc) is 2.44. The molecule has 1 aromatic heterocycles. The predicted molar refractivity (Wildman–Crippen MR) is 72.8 cm³/mol. The Kier molecular flexibility index (Phi) is 3.97. The van der Waals surface area contributed by atoms with E-state index in [1.807, 2.05) is 4.72 Å². The highest BCUT2D eigenvalue weighted by molar-refractivity contribution is 7.92. The molecule has 1 aromatic carbocycles. The fourth-order valence-corrected chi connectivity index (χ4v) is 2.66. The first-order chi connectivity index (χ1) is 9.83. The Balaban J connectivity index is 2.40. The molecule has 9 heteroatoms. The molecule has 0 atom stereocenters. The second kappa shape index (κ2) is 5.55. The van der Waals surface area contributed by atoms with Crippen molar-refractivity contribution in [3.8, 4) is 11.8 Å². The molecule has 1 heterocycles. The lowest BCUT2D eigenvalue weighted by molar-refractivity contribution is 0.476. The Morgan fingerprint density at radius 3 is 2.67 bits per heavy atom. The van der Waals surface area contributed by atoms with E-state index in [1.54, 1.807) is 6.07 Å². The summed E-state index contributed by atoms with van der Waals surface area (Å²) >= 11 is 5.56. The largest absolute Gasteiger partial charge is 0.504 e. The van der Waals surface area contributed by atoms with Crippen LogP contribution in [0.15, 0.2) is 35.4 Å². The van der Waals surface area contributed by atoms with Gasteiger partial charge in [0.1, 0.15) is 22.5 Å². The summed E-state index contributed by atoms with van der Waals surface area (Å²) in [6, 6.07) is 5.75. The van der Waals surface area contributed by atoms with E-state index in [0.29, 0.717) is 0 Å². The van der Waals surface area contributed by atoms with Gasteiger partial charge in [-0.2, -0.15) is 5.26 Å². The van der Waals surface area contributed by atoms with E-state index in [4.69, 9.17) is 16.9 Å². The molecule has 0 bridgehead atoms. The number of aromatic hydroxyl groups is 1. The van der Waals surface area contributed by atoms with Gasteiger partial charge >= 0.3 is 0 Å². The summed E-state index contributed by atoms with van der Waals surface area (Å²) in [7, 11) is -4.10. The third kappa shape index (κ3) is 3.21. The quantitative estimate of drug-likeness (QED) is 0.841. The highest BCUT2D eigenvalue weighted by Gasteiger charge is 2.18. The van der Waals surface area contributed by atoms with Gasteiger partial charge in [0.05, 0.1) is 10.7 Å². The molecule has 2 rings (SSSR count). The van der Waals surface area contributed by atoms with Crippen LogP contribution < -0.4 is 4.72 Å². The number of hydrogen-bond acceptors (Lipinski definition) is 5. The highest BCUT2D eigenvalue weighted by Crippen LogP contribution is 2.34. The maximum Gasteiger partial charge on any atom is 0.263 e. The molecular weight excluding hydrogens is 321 g/mol. The Morgan fingerprint density at radius 2 is 2.10 bits per heavy atom. The van der Waals surface area contributed by atoms with Crippen LogP contribution in [0.25, 0.3) is 0 Å². The number of pyridine rings is 1. The van der Waals surface area contributed by atoms with Crippen molar-refractivity contribution in [2.45, 2.75) is 4.90 Å². The van der Waals surface area contributed by atoms with E-state index < -0.39 is 27.3 Å². The standard InChI is InChI=1S/C12H7ClFN3O3S/c13-10-3-7(14)4-11(12(10)18)17-21(19,20)9-2-1-8(5-15)16-6-9/h1-4,6,17-18H. The molecule has 21 heavy (non-hydrogen) atoms. The number of aromatic nitrogens is 1. The number of phenolic OH excluding ortho intramolecular Hbond substituents is 1. The molecule has 0 aliphatic heterocycles. The number of nitrogens with zero attached hydrogens (tertiary/aromatic N) is 2. The van der Waals surface area contributed by atoms with Crippen LogP contribution in [0.3, 0.4) is 0 Å². The SMILES string of the molecule is N#Cc1ccc(S(=O)(=O)Nc2cc(F)cc(Cl)c2O)cn1. The van der Waals surface area contributed by atoms with Gasteiger partial charge in [-0.05, 0) is 18.2 Å². The van der Waals surface area contributed by atoms with Crippen molar-refractivity contribution in [1.82, 2.24) is 4.98 Å². The first-order valence-corrected chi connectivity index (χ1v) is 7.26. The molecule has 108 valence electrons. The Bertz CT molecular complexity index is 832. The van der Waals surface area contributed by atoms with E-state index >= 15 is 0 Å². The van der Waals surface area contributed by atoms with Crippen molar-refractivity contribution < 1.29 is 17.9 Å². The maximum atomic E-state index is 13.2. The Hall–Kier alpha value is -2.37. The van der Waals surface area contributed by atoms with Crippen LogP contribution in [0.1, 0.15) is 5.69 Å². The molecule has 0 saturated heterocycles. The molecule has 0 aliphatic rings. The minimum Gasteiger partial charge on any atom is -0.504 e. The molecule has 2 aromatic rings. The predicted octanol–water partition coefficient (Wildman–Crippen LogP) is 2.25. The van der Waals surface area contributed by atoms with E-state index in [9.17, 15) is 17.9 Å². The second-order valence-corrected chi connectivity index (χ2v) is 5.97. The van der Waals surface area contributed by atoms with Crippen molar-refractivity contribution in [3.05, 3.63) is 47.0 Å². The van der Waals surface area contributed by atoms with Crippen LogP contribution in [0.5, 0.6) is 5.75 Å². The molecule has 0 aliphatic carbocycles. The number of nitrogens with one attached hydrogen (secondary N) is 1. The monoisotopic (exact) mass is 327 g/mol. The van der Waals surface area contributed by atoms with Crippen molar-refractivity contribution in [1.29, 1.82) is 5.26 Å². The van der Waals surface area contributed by atoms with E-state index in [0.717, 1.165) is 24.4 Å². The first kappa shape index (κ1) is 15.0. The molecule has 6 nitrogen and oxygen atoms in total. The molecule has 0 spiro atoms. The van der Waals surface area contributed by atoms with Crippen LogP contribution in [0.4, 0.5) is 10.1 Å². The summed E-state index contributed by atoms with van der Waals surface area (Å²) in [6.07, 6.45) is 0.971. The summed E-state index contributed by atoms with van der Waals surface area (Å²) in [5.41, 5.74) is -0.352. The lowest BCUT2D eigenvalue weighted by Gasteiger charge is -2.10. The van der Waals surface area contributed by atoms with Crippen LogP contribution in [0, 0.1) is 17.1 Å². The summed E-state index contributed by atoms with van der Waals surface area (Å²) in [5.74, 6) is -1.41. The molecular formula is C12H7ClFN3O3S. The zero-order valence-electron chi connectivity index (χ0n) is 10.2. The van der Waals surface area contributed by atoms with Crippen molar-refractivity contribution in [2.24, 2.45) is 0 Å². The summed E-state index contributed by atoms with van der Waals surface area (Å²) in [5, 5.41) is 17.9. The third-order valence-electron chi connectivity index (χ3n) is 2.43. The van der Waals surface area contributed by atoms with Gasteiger partial charge < -0.3 is 5.11 Å². The van der Waals surface area contributed by atoms with E-state index in [2.05, 4.69) is 4.98 Å². The first-order valence-electron chi connectivity index (χ1n) is 5.40. The van der Waals surface area contributed by atoms with Crippen molar-refractivity contribution in [3.63, 3.8) is 0 Å². The summed E-state index contributed by atoms with van der Waals surface area (Å²) < 4.78 is 39.3. The Morgan fingerprint density at radius 1 is 1.38 bits per heavy atom. The number of halogens is 2. The molecule has 2 N–H and O–H groups in total. The van der Waals surface area contributed by atoms with E-state index in [-0.39, 0.29) is 15.6 Å². The third-order valence-corrected chi connectivity index (χ3v) is 4.07. The van der Waals surface area contributed by atoms with Gasteiger partial charge in [-0.15, -0.1) is 0 Å². The highest BCUT2D eigenvalue weighted by atomic mass is 35.5. The van der Waals surface area contributed by atoms with Gasteiger partial charge in [-0.3, -0.25) is 4.72 Å². The second-order valence-electron chi connectivity index (χ2n) is 3.88. The molecule has 0 fully saturated rings. The number of hydrogen-bond donors (Lipinski definition) is 2. The van der Waals surface area contributed by atoms with Crippen molar-refractivity contribution in [2.75, 3.05) is 4.72 Å². The zero-order valence-corrected chi connectivity index (χ0v) is 11.8. The molecule has 0 unspecified atom stereocenters. The van der Waals surface area contributed by atoms with Gasteiger partial charge in [0.25, 0.3) is 10.0 Å². The topological polar surface area (TPSA) is 103 Å². The number of phenols is 1. The smallest absolute Gasteiger partial charge is 0.263 e. The minimum absolute atomic E-state index is 0.0468. The summed E-state index contributed by atoms with van der Waals surface area (Å²) in [6.45, 7) is 0. The fraction of sp³-hybridized carbons (Fsp3) is 0. The number of nitriles is 1. The van der Waals surface area contributed by atoms with Crippen LogP contribution in [0.2, 0.25) is 5.02 Å². The number of rotatable bonds is 3. The molecule has 0 amide bonds. The minimum atomic E-state index is -4.10. The van der Waals surface area contributed by atoms with Gasteiger partial charge in [0, 0.05) is 12.3 Å². The van der Waals surface area contributed by atoms with Gasteiger partial charge in [0.2, 0.25) is 0 Å². The lowest BCUT2D eigenvalue weighted by Crippen LogP contribution is -2.13. The number of benzene rings is 1. The summed E-state index contributed by atoms with van der Waals surface area (Å²) in [4.78, 5) is 3.37.